The molecular weight excluding hydrogens is 415 g/mol. The third kappa shape index (κ3) is 4.92. The molecule has 3 aromatic carbocycles. The normalized spacial score (nSPS) is 10.9. The van der Waals surface area contributed by atoms with Crippen LogP contribution in [-0.4, -0.2) is 19.0 Å². The van der Waals surface area contributed by atoms with Crippen molar-refractivity contribution >= 4 is 38.5 Å². The van der Waals surface area contributed by atoms with Gasteiger partial charge in [-0.1, -0.05) is 28.1 Å². The third-order valence-electron chi connectivity index (χ3n) is 3.95. The van der Waals surface area contributed by atoms with Crippen molar-refractivity contribution in [3.63, 3.8) is 0 Å². The number of ether oxygens (including phenoxy) is 2. The second kappa shape index (κ2) is 9.28. The van der Waals surface area contributed by atoms with Gasteiger partial charge in [0.2, 0.25) is 0 Å². The largest absolute Gasteiger partial charge is 0.497 e. The van der Waals surface area contributed by atoms with E-state index in [0.717, 1.165) is 44.7 Å². The molecule has 0 atom stereocenters. The molecule has 3 rings (SSSR count). The van der Waals surface area contributed by atoms with Gasteiger partial charge in [0.05, 0.1) is 13.7 Å². The Balaban J connectivity index is 1.81. The van der Waals surface area contributed by atoms with Gasteiger partial charge in [0.15, 0.2) is 0 Å². The van der Waals surface area contributed by atoms with Gasteiger partial charge in [0, 0.05) is 21.4 Å². The van der Waals surface area contributed by atoms with E-state index in [0.29, 0.717) is 6.61 Å². The number of alkyl halides is 1. The zero-order chi connectivity index (χ0) is 18.4. The minimum atomic E-state index is -0.235. The average Bonchev–Trinajstić information content (AvgIpc) is 2.66. The molecule has 0 radical (unpaired) electrons. The number of hydrogen-bond donors (Lipinski definition) is 0. The topological polar surface area (TPSA) is 18.5 Å². The minimum Gasteiger partial charge on any atom is -0.497 e. The van der Waals surface area contributed by atoms with E-state index in [-0.39, 0.29) is 5.82 Å². The smallest absolute Gasteiger partial charge is 0.128 e. The number of halogens is 2. The maximum Gasteiger partial charge on any atom is 0.128 e. The minimum absolute atomic E-state index is 0.235. The second-order valence-corrected chi connectivity index (χ2v) is 7.66. The first-order chi connectivity index (χ1) is 12.7. The molecule has 0 spiro atoms. The Labute approximate surface area is 165 Å². The van der Waals surface area contributed by atoms with E-state index in [4.69, 9.17) is 9.47 Å². The lowest BCUT2D eigenvalue weighted by Crippen LogP contribution is -1.98. The Morgan fingerprint density at radius 1 is 1.04 bits per heavy atom. The van der Waals surface area contributed by atoms with Gasteiger partial charge in [-0.25, -0.2) is 4.39 Å². The molecule has 136 valence electrons. The van der Waals surface area contributed by atoms with Gasteiger partial charge in [0.25, 0.3) is 0 Å². The molecule has 0 fully saturated rings. The average molecular weight is 435 g/mol. The molecule has 0 bridgehead atoms. The molecule has 0 aliphatic rings. The van der Waals surface area contributed by atoms with E-state index >= 15 is 0 Å². The van der Waals surface area contributed by atoms with Crippen LogP contribution in [-0.2, 0) is 5.75 Å². The molecule has 0 amide bonds. The summed E-state index contributed by atoms with van der Waals surface area (Å²) in [5.41, 5.74) is 1.21. The molecule has 0 N–H and O–H groups in total. The van der Waals surface area contributed by atoms with Crippen molar-refractivity contribution < 1.29 is 13.9 Å². The Morgan fingerprint density at radius 3 is 2.58 bits per heavy atom. The van der Waals surface area contributed by atoms with E-state index < -0.39 is 0 Å². The summed E-state index contributed by atoms with van der Waals surface area (Å²) in [4.78, 5) is 1.06. The van der Waals surface area contributed by atoms with Crippen LogP contribution in [0.4, 0.5) is 4.39 Å². The van der Waals surface area contributed by atoms with Crippen LogP contribution in [0, 0.1) is 5.82 Å². The first kappa shape index (κ1) is 19.1. The summed E-state index contributed by atoms with van der Waals surface area (Å²) in [6.45, 7) is 0.629. The summed E-state index contributed by atoms with van der Waals surface area (Å²) in [6.07, 6.45) is 0.923. The number of benzene rings is 3. The SMILES string of the molecule is COc1ccc(CSc2cc(OCCCBr)c3ccc(F)cc3c2)cc1. The molecule has 0 aromatic heterocycles. The van der Waals surface area contributed by atoms with Gasteiger partial charge in [-0.3, -0.25) is 0 Å². The zero-order valence-electron chi connectivity index (χ0n) is 14.5. The quantitative estimate of drug-likeness (QED) is 0.230. The van der Waals surface area contributed by atoms with Gasteiger partial charge >= 0.3 is 0 Å². The number of thioether (sulfide) groups is 1. The van der Waals surface area contributed by atoms with Crippen molar-refractivity contribution in [2.45, 2.75) is 17.1 Å². The van der Waals surface area contributed by atoms with Gasteiger partial charge in [0.1, 0.15) is 17.3 Å². The summed E-state index contributed by atoms with van der Waals surface area (Å²) >= 11 is 5.12. The zero-order valence-corrected chi connectivity index (χ0v) is 16.9. The maximum atomic E-state index is 13.7. The fraction of sp³-hybridized carbons (Fsp3) is 0.238. The Kier molecular flexibility index (Phi) is 6.80. The monoisotopic (exact) mass is 434 g/mol. The molecule has 0 unspecified atom stereocenters. The second-order valence-electron chi connectivity index (χ2n) is 5.81. The van der Waals surface area contributed by atoms with E-state index in [2.05, 4.69) is 28.1 Å². The van der Waals surface area contributed by atoms with E-state index in [1.54, 1.807) is 31.0 Å². The van der Waals surface area contributed by atoms with Crippen molar-refractivity contribution in [3.8, 4) is 11.5 Å². The van der Waals surface area contributed by atoms with Crippen LogP contribution in [0.2, 0.25) is 0 Å². The van der Waals surface area contributed by atoms with Crippen LogP contribution in [0.15, 0.2) is 59.5 Å². The summed E-state index contributed by atoms with van der Waals surface area (Å²) in [6, 6.07) is 16.9. The molecule has 26 heavy (non-hydrogen) atoms. The van der Waals surface area contributed by atoms with Crippen LogP contribution in [0.25, 0.3) is 10.8 Å². The Morgan fingerprint density at radius 2 is 1.85 bits per heavy atom. The molecule has 2 nitrogen and oxygen atoms in total. The fourth-order valence-corrected chi connectivity index (χ4v) is 3.76. The highest BCUT2D eigenvalue weighted by molar-refractivity contribution is 9.09. The van der Waals surface area contributed by atoms with Crippen LogP contribution in [0.1, 0.15) is 12.0 Å². The predicted molar refractivity (Wildman–Crippen MR) is 110 cm³/mol. The molecule has 0 heterocycles. The Bertz CT molecular complexity index is 868. The number of hydrogen-bond acceptors (Lipinski definition) is 3. The molecule has 3 aromatic rings. The molecule has 0 saturated heterocycles. The highest BCUT2D eigenvalue weighted by Gasteiger charge is 2.08. The lowest BCUT2D eigenvalue weighted by Gasteiger charge is -2.12. The van der Waals surface area contributed by atoms with Crippen LogP contribution < -0.4 is 9.47 Å². The molecular formula is C21H20BrFO2S. The van der Waals surface area contributed by atoms with Crippen molar-refractivity contribution in [2.24, 2.45) is 0 Å². The van der Waals surface area contributed by atoms with Crippen LogP contribution in [0.5, 0.6) is 11.5 Å². The van der Waals surface area contributed by atoms with Gasteiger partial charge in [-0.15, -0.1) is 11.8 Å². The Hall–Kier alpha value is -1.72. The lowest BCUT2D eigenvalue weighted by molar-refractivity contribution is 0.322. The van der Waals surface area contributed by atoms with E-state index in [1.807, 2.05) is 24.3 Å². The summed E-state index contributed by atoms with van der Waals surface area (Å²) in [5.74, 6) is 2.25. The van der Waals surface area contributed by atoms with Crippen LogP contribution >= 0.6 is 27.7 Å². The number of methoxy groups -OCH3 is 1. The molecule has 0 aliphatic carbocycles. The van der Waals surface area contributed by atoms with Crippen molar-refractivity contribution in [3.05, 3.63) is 66.0 Å². The van der Waals surface area contributed by atoms with Gasteiger partial charge < -0.3 is 9.47 Å². The maximum absolute atomic E-state index is 13.7. The first-order valence-electron chi connectivity index (χ1n) is 8.37. The summed E-state index contributed by atoms with van der Waals surface area (Å²) in [5, 5.41) is 2.69. The van der Waals surface area contributed by atoms with E-state index in [1.165, 1.54) is 11.6 Å². The lowest BCUT2D eigenvalue weighted by atomic mass is 10.1. The number of rotatable bonds is 8. The van der Waals surface area contributed by atoms with Crippen molar-refractivity contribution in [1.82, 2.24) is 0 Å². The summed E-state index contributed by atoms with van der Waals surface area (Å²) in [7, 11) is 1.66. The van der Waals surface area contributed by atoms with Gasteiger partial charge in [-0.05, 0) is 59.8 Å². The molecule has 0 saturated carbocycles. The predicted octanol–water partition coefficient (Wildman–Crippen LogP) is 6.44. The van der Waals surface area contributed by atoms with Crippen LogP contribution in [0.3, 0.4) is 0 Å². The fourth-order valence-electron chi connectivity index (χ4n) is 2.61. The highest BCUT2D eigenvalue weighted by Crippen LogP contribution is 2.34. The standard InChI is InChI=1S/C21H20BrFO2S/c1-24-18-6-3-15(4-7-18)14-26-19-12-16-11-17(23)5-8-20(16)21(13-19)25-10-2-9-22/h3-8,11-13H,2,9-10,14H2,1H3. The molecule has 5 heteroatoms. The van der Waals surface area contributed by atoms with Crippen molar-refractivity contribution in [2.75, 3.05) is 19.0 Å². The van der Waals surface area contributed by atoms with Gasteiger partial charge in [-0.2, -0.15) is 0 Å². The highest BCUT2D eigenvalue weighted by atomic mass is 79.9. The first-order valence-corrected chi connectivity index (χ1v) is 10.5. The van der Waals surface area contributed by atoms with Crippen molar-refractivity contribution in [1.29, 1.82) is 0 Å². The summed E-state index contributed by atoms with van der Waals surface area (Å²) < 4.78 is 24.8. The molecule has 0 aliphatic heterocycles. The third-order valence-corrected chi connectivity index (χ3v) is 5.56. The van der Waals surface area contributed by atoms with E-state index in [9.17, 15) is 4.39 Å². The number of fused-ring (bicyclic) bond motifs is 1.